The van der Waals surface area contributed by atoms with Gasteiger partial charge >= 0.3 is 0 Å². The summed E-state index contributed by atoms with van der Waals surface area (Å²) >= 11 is 0. The van der Waals surface area contributed by atoms with Crippen LogP contribution >= 0.6 is 0 Å². The van der Waals surface area contributed by atoms with Gasteiger partial charge in [-0.2, -0.15) is 0 Å². The first-order valence-electron chi connectivity index (χ1n) is 7.77. The number of rotatable bonds is 7. The molecule has 0 atom stereocenters. The molecule has 0 aromatic carbocycles. The van der Waals surface area contributed by atoms with Crippen LogP contribution in [-0.2, 0) is 18.4 Å². The fourth-order valence-electron chi connectivity index (χ4n) is 1.71. The molecule has 0 spiro atoms. The van der Waals surface area contributed by atoms with Crippen molar-refractivity contribution in [3.8, 4) is 0 Å². The Kier molecular flexibility index (Phi) is 17.4. The molecular formula is C16H32N2O3. The highest BCUT2D eigenvalue weighted by Crippen LogP contribution is 2.04. The van der Waals surface area contributed by atoms with E-state index in [1.54, 1.807) is 6.92 Å². The number of aromatic nitrogens is 2. The van der Waals surface area contributed by atoms with E-state index in [4.69, 9.17) is 15.0 Å². The van der Waals surface area contributed by atoms with Crippen LogP contribution in [0.15, 0.2) is 18.7 Å². The number of aliphatic hydroxyl groups is 1. The molecule has 1 N–H and O–H groups in total. The van der Waals surface area contributed by atoms with Crippen LogP contribution in [0.4, 0.5) is 0 Å². The molecule has 0 aliphatic heterocycles. The van der Waals surface area contributed by atoms with Crippen LogP contribution in [0.1, 0.15) is 59.3 Å². The number of aryl methyl sites for hydroxylation is 2. The smallest absolute Gasteiger partial charge is 0.243 e. The van der Waals surface area contributed by atoms with Crippen LogP contribution in [0.3, 0.4) is 0 Å². The van der Waals surface area contributed by atoms with Crippen molar-refractivity contribution < 1.29 is 19.6 Å². The molecule has 0 amide bonds. The fourth-order valence-corrected chi connectivity index (χ4v) is 1.71. The first-order chi connectivity index (χ1) is 9.97. The van der Waals surface area contributed by atoms with Gasteiger partial charge in [0.05, 0.1) is 13.6 Å². The van der Waals surface area contributed by atoms with Crippen LogP contribution in [0, 0.1) is 0 Å². The zero-order chi connectivity index (χ0) is 16.5. The van der Waals surface area contributed by atoms with Gasteiger partial charge in [-0.1, -0.05) is 32.6 Å². The van der Waals surface area contributed by atoms with Gasteiger partial charge in [-0.15, -0.1) is 0 Å². The minimum Gasteiger partial charge on any atom is -0.550 e. The highest BCUT2D eigenvalue weighted by Gasteiger charge is 1.98. The summed E-state index contributed by atoms with van der Waals surface area (Å²) in [5, 5.41) is 16.5. The third-order valence-corrected chi connectivity index (χ3v) is 2.59. The molecule has 124 valence electrons. The first-order valence-corrected chi connectivity index (χ1v) is 7.77. The van der Waals surface area contributed by atoms with Gasteiger partial charge in [-0.25, -0.2) is 9.13 Å². The predicted octanol–water partition coefficient (Wildman–Crippen LogP) is 1.43. The van der Waals surface area contributed by atoms with Crippen LogP contribution in [0.5, 0.6) is 0 Å². The Hall–Kier alpha value is -1.36. The van der Waals surface area contributed by atoms with Crippen LogP contribution in [0.25, 0.3) is 0 Å². The van der Waals surface area contributed by atoms with Gasteiger partial charge in [-0.3, -0.25) is 0 Å². The number of nitrogens with zero attached hydrogens (tertiary/aromatic N) is 2. The van der Waals surface area contributed by atoms with Crippen LogP contribution in [-0.4, -0.2) is 22.2 Å². The lowest BCUT2D eigenvalue weighted by Gasteiger charge is -1.98. The number of aliphatic carboxylic acids is 1. The normalized spacial score (nSPS) is 9.19. The molecular weight excluding hydrogens is 268 g/mol. The van der Waals surface area contributed by atoms with Crippen molar-refractivity contribution in [2.24, 2.45) is 7.05 Å². The molecule has 1 aromatic heterocycles. The fraction of sp³-hybridized carbons (Fsp3) is 0.750. The van der Waals surface area contributed by atoms with E-state index in [0.29, 0.717) is 0 Å². The number of imidazole rings is 1. The van der Waals surface area contributed by atoms with E-state index in [1.165, 1.54) is 45.1 Å². The molecule has 0 saturated carbocycles. The standard InChI is InChI=1S/C12H23N2.C2H4O2.C2H6O/c1-3-4-5-6-7-8-9-14-11-10-13(2)12-14;1-2(3)4;1-2-3/h10-12H,3-9H2,1-2H3;1H3,(H,3,4);3H,2H2,1H3/q+1;;/p-1. The molecule has 1 heterocycles. The number of hydrogen-bond donors (Lipinski definition) is 1. The number of aliphatic hydroxyl groups excluding tert-OH is 1. The molecule has 1 aromatic rings. The van der Waals surface area contributed by atoms with Crippen LogP contribution < -0.4 is 9.67 Å². The largest absolute Gasteiger partial charge is 0.550 e. The Balaban J connectivity index is 0. The maximum atomic E-state index is 8.89. The monoisotopic (exact) mass is 300 g/mol. The van der Waals surface area contributed by atoms with E-state index in [-0.39, 0.29) is 6.61 Å². The zero-order valence-electron chi connectivity index (χ0n) is 14.0. The van der Waals surface area contributed by atoms with Crippen molar-refractivity contribution >= 4 is 5.97 Å². The predicted molar refractivity (Wildman–Crippen MR) is 82.4 cm³/mol. The summed E-state index contributed by atoms with van der Waals surface area (Å²) < 4.78 is 4.36. The number of carbonyl (C=O) groups is 1. The second kappa shape index (κ2) is 16.7. The lowest BCUT2D eigenvalue weighted by molar-refractivity contribution is -0.696. The molecule has 0 saturated heterocycles. The number of carboxylic acid groups (broad SMARTS) is 1. The van der Waals surface area contributed by atoms with Gasteiger partial charge in [0.2, 0.25) is 6.33 Å². The summed E-state index contributed by atoms with van der Waals surface area (Å²) in [4.78, 5) is 8.89. The van der Waals surface area contributed by atoms with E-state index < -0.39 is 5.97 Å². The topological polar surface area (TPSA) is 69.2 Å². The summed E-state index contributed by atoms with van der Waals surface area (Å²) in [6.45, 7) is 6.34. The molecule has 1 rings (SSSR count). The van der Waals surface area contributed by atoms with Gasteiger partial charge in [0.25, 0.3) is 0 Å². The average molecular weight is 300 g/mol. The Morgan fingerprint density at radius 1 is 1.19 bits per heavy atom. The number of hydrogen-bond acceptors (Lipinski definition) is 3. The zero-order valence-corrected chi connectivity index (χ0v) is 14.0. The summed E-state index contributed by atoms with van der Waals surface area (Å²) in [5.41, 5.74) is 0. The minimum absolute atomic E-state index is 0.250. The molecule has 0 aliphatic carbocycles. The quantitative estimate of drug-likeness (QED) is 0.612. The minimum atomic E-state index is -1.08. The van der Waals surface area contributed by atoms with Gasteiger partial charge < -0.3 is 15.0 Å². The molecule has 0 unspecified atom stereocenters. The number of carboxylic acids is 1. The number of carbonyl (C=O) groups excluding carboxylic acids is 1. The molecule has 0 fully saturated rings. The molecule has 5 nitrogen and oxygen atoms in total. The van der Waals surface area contributed by atoms with Gasteiger partial charge in [0.15, 0.2) is 0 Å². The molecule has 0 radical (unpaired) electrons. The van der Waals surface area contributed by atoms with E-state index >= 15 is 0 Å². The van der Waals surface area contributed by atoms with Crippen molar-refractivity contribution in [2.75, 3.05) is 6.61 Å². The lowest BCUT2D eigenvalue weighted by atomic mass is 10.1. The summed E-state index contributed by atoms with van der Waals surface area (Å²) in [6.07, 6.45) is 14.6. The third kappa shape index (κ3) is 21.1. The summed E-state index contributed by atoms with van der Waals surface area (Å²) in [7, 11) is 2.07. The maximum Gasteiger partial charge on any atom is 0.243 e. The van der Waals surface area contributed by atoms with E-state index in [1.807, 2.05) is 0 Å². The van der Waals surface area contributed by atoms with Crippen molar-refractivity contribution in [1.29, 1.82) is 0 Å². The van der Waals surface area contributed by atoms with Crippen molar-refractivity contribution in [1.82, 2.24) is 4.57 Å². The van der Waals surface area contributed by atoms with Crippen molar-refractivity contribution in [2.45, 2.75) is 65.8 Å². The van der Waals surface area contributed by atoms with Gasteiger partial charge in [0.1, 0.15) is 12.4 Å². The summed E-state index contributed by atoms with van der Waals surface area (Å²) in [5.74, 6) is -1.08. The average Bonchev–Trinajstić information content (AvgIpc) is 2.80. The van der Waals surface area contributed by atoms with Crippen molar-refractivity contribution in [3.63, 3.8) is 0 Å². The second-order valence-electron chi connectivity index (χ2n) is 4.89. The Morgan fingerprint density at radius 2 is 1.67 bits per heavy atom. The highest BCUT2D eigenvalue weighted by molar-refractivity contribution is 5.60. The van der Waals surface area contributed by atoms with E-state index in [9.17, 15) is 0 Å². The van der Waals surface area contributed by atoms with E-state index in [2.05, 4.69) is 41.8 Å². The Bertz CT molecular complexity index is 334. The van der Waals surface area contributed by atoms with Gasteiger partial charge in [0, 0.05) is 12.6 Å². The SMILES string of the molecule is CC(=O)[O-].CCCCCCCC[n+]1ccn(C)c1.CCO. The summed E-state index contributed by atoms with van der Waals surface area (Å²) in [6, 6.07) is 0. The third-order valence-electron chi connectivity index (χ3n) is 2.59. The number of unbranched alkanes of at least 4 members (excludes halogenated alkanes) is 5. The molecule has 5 heteroatoms. The Morgan fingerprint density at radius 3 is 2.10 bits per heavy atom. The Labute approximate surface area is 129 Å². The molecule has 0 bridgehead atoms. The van der Waals surface area contributed by atoms with Crippen LogP contribution in [0.2, 0.25) is 0 Å². The highest BCUT2D eigenvalue weighted by atomic mass is 16.4. The molecule has 0 aliphatic rings. The molecule has 21 heavy (non-hydrogen) atoms. The van der Waals surface area contributed by atoms with Gasteiger partial charge in [-0.05, 0) is 26.7 Å². The van der Waals surface area contributed by atoms with Crippen molar-refractivity contribution in [3.05, 3.63) is 18.7 Å². The first kappa shape index (κ1) is 21.9. The lowest BCUT2D eigenvalue weighted by Crippen LogP contribution is -2.30. The maximum absolute atomic E-state index is 8.89. The second-order valence-corrected chi connectivity index (χ2v) is 4.89. The van der Waals surface area contributed by atoms with E-state index in [0.717, 1.165) is 6.92 Å².